The molecule has 0 radical (unpaired) electrons. The summed E-state index contributed by atoms with van der Waals surface area (Å²) in [5.41, 5.74) is 6.18. The number of hydrogen-bond donors (Lipinski definition) is 1. The monoisotopic (exact) mass is 441 g/mol. The molecule has 0 saturated heterocycles. The number of carbonyl (C=O) groups excluding carboxylic acids is 1. The van der Waals surface area contributed by atoms with Crippen LogP contribution in [0.3, 0.4) is 0 Å². The highest BCUT2D eigenvalue weighted by Gasteiger charge is 2.15. The molecule has 0 atom stereocenters. The number of fused-ring (bicyclic) bond motifs is 1. The number of hydrogen-bond acceptors (Lipinski definition) is 4. The number of methoxy groups -OCH3 is 2. The number of benzene rings is 3. The predicted molar refractivity (Wildman–Crippen MR) is 133 cm³/mol. The Morgan fingerprint density at radius 2 is 1.85 bits per heavy atom. The van der Waals surface area contributed by atoms with Crippen LogP contribution in [0.25, 0.3) is 27.7 Å². The molecule has 0 spiro atoms. The fourth-order valence-corrected chi connectivity index (χ4v) is 3.94. The van der Waals surface area contributed by atoms with E-state index in [1.54, 1.807) is 26.6 Å². The third kappa shape index (κ3) is 4.62. The average Bonchev–Trinajstić information content (AvgIpc) is 3.26. The Kier molecular flexibility index (Phi) is 6.50. The van der Waals surface area contributed by atoms with Crippen LogP contribution in [0.15, 0.2) is 77.4 Å². The van der Waals surface area contributed by atoms with Crippen LogP contribution in [0.1, 0.15) is 25.0 Å². The molecule has 1 amide bonds. The molecule has 1 heterocycles. The van der Waals surface area contributed by atoms with Gasteiger partial charge < -0.3 is 19.2 Å². The van der Waals surface area contributed by atoms with E-state index in [-0.39, 0.29) is 5.91 Å². The summed E-state index contributed by atoms with van der Waals surface area (Å²) in [5.74, 6) is 1.23. The molecule has 5 heteroatoms. The van der Waals surface area contributed by atoms with Crippen LogP contribution in [0.4, 0.5) is 5.69 Å². The minimum Gasteiger partial charge on any atom is -0.497 e. The zero-order valence-electron chi connectivity index (χ0n) is 19.3. The van der Waals surface area contributed by atoms with Crippen molar-refractivity contribution in [2.24, 2.45) is 0 Å². The third-order valence-corrected chi connectivity index (χ3v) is 5.70. The van der Waals surface area contributed by atoms with Crippen molar-refractivity contribution >= 4 is 28.1 Å². The number of nitrogens with one attached hydrogen (secondary N) is 1. The van der Waals surface area contributed by atoms with E-state index < -0.39 is 0 Å². The van der Waals surface area contributed by atoms with Gasteiger partial charge in [-0.15, -0.1) is 0 Å². The maximum Gasteiger partial charge on any atom is 0.248 e. The van der Waals surface area contributed by atoms with E-state index in [1.807, 2.05) is 67.6 Å². The smallest absolute Gasteiger partial charge is 0.248 e. The van der Waals surface area contributed by atoms with Crippen molar-refractivity contribution in [3.63, 3.8) is 0 Å². The molecule has 0 bridgehead atoms. The fourth-order valence-electron chi connectivity index (χ4n) is 3.94. The number of para-hydroxylation sites is 1. The van der Waals surface area contributed by atoms with Crippen LogP contribution >= 0.6 is 0 Å². The quantitative estimate of drug-likeness (QED) is 0.323. The van der Waals surface area contributed by atoms with E-state index in [9.17, 15) is 4.79 Å². The number of carbonyl (C=O) groups is 1. The van der Waals surface area contributed by atoms with Gasteiger partial charge in [-0.05, 0) is 54.3 Å². The molecule has 4 rings (SSSR count). The fraction of sp³-hybridized carbons (Fsp3) is 0.179. The summed E-state index contributed by atoms with van der Waals surface area (Å²) < 4.78 is 16.8. The van der Waals surface area contributed by atoms with Crippen molar-refractivity contribution in [3.05, 3.63) is 84.1 Å². The zero-order valence-corrected chi connectivity index (χ0v) is 19.3. The zero-order chi connectivity index (χ0) is 23.4. The molecule has 0 fully saturated rings. The van der Waals surface area contributed by atoms with E-state index in [0.717, 1.165) is 51.1 Å². The van der Waals surface area contributed by atoms with E-state index >= 15 is 0 Å². The number of ether oxygens (including phenoxy) is 2. The van der Waals surface area contributed by atoms with E-state index in [4.69, 9.17) is 13.9 Å². The lowest BCUT2D eigenvalue weighted by molar-refractivity contribution is -0.111. The second-order valence-corrected chi connectivity index (χ2v) is 7.76. The first kappa shape index (κ1) is 22.2. The first-order valence-electron chi connectivity index (χ1n) is 10.8. The molecule has 168 valence electrons. The van der Waals surface area contributed by atoms with Crippen molar-refractivity contribution in [3.8, 4) is 22.6 Å². The van der Waals surface area contributed by atoms with Gasteiger partial charge in [0, 0.05) is 34.3 Å². The average molecular weight is 442 g/mol. The molecular weight excluding hydrogens is 414 g/mol. The Bertz CT molecular complexity index is 1330. The molecule has 3 aromatic carbocycles. The molecule has 1 aromatic heterocycles. The molecule has 1 N–H and O–H groups in total. The number of allylic oxidation sites excluding steroid dienone is 1. The lowest BCUT2D eigenvalue weighted by Gasteiger charge is -2.11. The summed E-state index contributed by atoms with van der Waals surface area (Å²) in [6.07, 6.45) is 4.18. The molecular formula is C28H27NO4. The predicted octanol–water partition coefficient (Wildman–Crippen LogP) is 6.72. The maximum absolute atomic E-state index is 12.8. The lowest BCUT2D eigenvalue weighted by atomic mass is 9.99. The van der Waals surface area contributed by atoms with E-state index in [1.165, 1.54) is 0 Å². The van der Waals surface area contributed by atoms with Gasteiger partial charge in [0.1, 0.15) is 17.1 Å². The Morgan fingerprint density at radius 3 is 2.61 bits per heavy atom. The standard InChI is InChI=1S/C28H27NO4/c1-5-19-9-6-7-12-25(19)29-28(30)13-18(2)22-15-23-24(17-33-27(23)16-26(22)32-4)20-10-8-11-21(14-20)31-3/h6-17H,5H2,1-4H3,(H,29,30)/b18-13+. The Balaban J connectivity index is 1.72. The molecule has 0 aliphatic heterocycles. The Morgan fingerprint density at radius 1 is 1.03 bits per heavy atom. The summed E-state index contributed by atoms with van der Waals surface area (Å²) in [4.78, 5) is 12.8. The second kappa shape index (κ2) is 9.65. The van der Waals surface area contributed by atoms with Crippen LogP contribution in [0.2, 0.25) is 0 Å². The van der Waals surface area contributed by atoms with Crippen LogP contribution in [-0.2, 0) is 11.2 Å². The molecule has 0 aliphatic carbocycles. The van der Waals surface area contributed by atoms with Gasteiger partial charge in [-0.1, -0.05) is 37.3 Å². The highest BCUT2D eigenvalue weighted by Crippen LogP contribution is 2.38. The van der Waals surface area contributed by atoms with Gasteiger partial charge in [0.25, 0.3) is 0 Å². The molecule has 5 nitrogen and oxygen atoms in total. The first-order chi connectivity index (χ1) is 16.0. The molecule has 33 heavy (non-hydrogen) atoms. The largest absolute Gasteiger partial charge is 0.497 e. The lowest BCUT2D eigenvalue weighted by Crippen LogP contribution is -2.10. The molecule has 4 aromatic rings. The summed E-state index contributed by atoms with van der Waals surface area (Å²) in [6, 6.07) is 19.5. The molecule has 0 unspecified atom stereocenters. The summed E-state index contributed by atoms with van der Waals surface area (Å²) in [7, 11) is 3.26. The van der Waals surface area contributed by atoms with Gasteiger partial charge in [-0.25, -0.2) is 0 Å². The molecule has 0 aliphatic rings. The number of furan rings is 1. The van der Waals surface area contributed by atoms with Crippen molar-refractivity contribution in [2.75, 3.05) is 19.5 Å². The van der Waals surface area contributed by atoms with Gasteiger partial charge in [0.2, 0.25) is 5.91 Å². The SMILES string of the molecule is CCc1ccccc1NC(=O)/C=C(\C)c1cc2c(-c3cccc(OC)c3)coc2cc1OC. The Hall–Kier alpha value is -3.99. The van der Waals surface area contributed by atoms with Gasteiger partial charge in [-0.3, -0.25) is 4.79 Å². The van der Waals surface area contributed by atoms with Gasteiger partial charge in [0.15, 0.2) is 0 Å². The maximum atomic E-state index is 12.8. The summed E-state index contributed by atoms with van der Waals surface area (Å²) >= 11 is 0. The van der Waals surface area contributed by atoms with E-state index in [0.29, 0.717) is 11.3 Å². The number of aryl methyl sites for hydroxylation is 1. The Labute approximate surface area is 193 Å². The van der Waals surface area contributed by atoms with Crippen molar-refractivity contribution in [1.29, 1.82) is 0 Å². The third-order valence-electron chi connectivity index (χ3n) is 5.70. The van der Waals surface area contributed by atoms with Crippen molar-refractivity contribution < 1.29 is 18.7 Å². The first-order valence-corrected chi connectivity index (χ1v) is 10.8. The van der Waals surface area contributed by atoms with Gasteiger partial charge in [0.05, 0.1) is 20.5 Å². The number of anilines is 1. The van der Waals surface area contributed by atoms with Gasteiger partial charge >= 0.3 is 0 Å². The van der Waals surface area contributed by atoms with Crippen molar-refractivity contribution in [2.45, 2.75) is 20.3 Å². The van der Waals surface area contributed by atoms with Crippen LogP contribution in [0.5, 0.6) is 11.5 Å². The van der Waals surface area contributed by atoms with E-state index in [2.05, 4.69) is 12.2 Å². The number of rotatable bonds is 7. The molecule has 0 saturated carbocycles. The highest BCUT2D eigenvalue weighted by atomic mass is 16.5. The number of amides is 1. The van der Waals surface area contributed by atoms with Crippen molar-refractivity contribution in [1.82, 2.24) is 0 Å². The summed E-state index contributed by atoms with van der Waals surface area (Å²) in [5, 5.41) is 3.93. The minimum absolute atomic E-state index is 0.184. The summed E-state index contributed by atoms with van der Waals surface area (Å²) in [6.45, 7) is 3.97. The second-order valence-electron chi connectivity index (χ2n) is 7.76. The van der Waals surface area contributed by atoms with Gasteiger partial charge in [-0.2, -0.15) is 0 Å². The van der Waals surface area contributed by atoms with Crippen LogP contribution in [-0.4, -0.2) is 20.1 Å². The topological polar surface area (TPSA) is 60.7 Å². The highest BCUT2D eigenvalue weighted by molar-refractivity contribution is 6.05. The minimum atomic E-state index is -0.184. The normalized spacial score (nSPS) is 11.5. The van der Waals surface area contributed by atoms with Crippen LogP contribution in [0, 0.1) is 0 Å². The van der Waals surface area contributed by atoms with Crippen LogP contribution < -0.4 is 14.8 Å².